The number of rotatable bonds is 2. The van der Waals surface area contributed by atoms with E-state index < -0.39 is 12.1 Å². The van der Waals surface area contributed by atoms with Crippen LogP contribution in [0.2, 0.25) is 0 Å². The molecular formula is C14H17BrN2O2. The zero-order valence-corrected chi connectivity index (χ0v) is 12.8. The van der Waals surface area contributed by atoms with Crippen LogP contribution in [0.3, 0.4) is 0 Å². The molecule has 2 amide bonds. The number of halogens is 1. The minimum absolute atomic E-state index is 0.0421. The Balaban J connectivity index is 2.32. The Hall–Kier alpha value is -1.36. The summed E-state index contributed by atoms with van der Waals surface area (Å²) in [5.41, 5.74) is 1.01. The van der Waals surface area contributed by atoms with Crippen molar-refractivity contribution in [3.05, 3.63) is 34.3 Å². The molecule has 4 nitrogen and oxygen atoms in total. The molecule has 0 spiro atoms. The molecule has 1 fully saturated rings. The fraction of sp³-hybridized carbons (Fsp3) is 0.429. The average molecular weight is 325 g/mol. The molecule has 1 aromatic carbocycles. The lowest BCUT2D eigenvalue weighted by molar-refractivity contribution is -0.150. The van der Waals surface area contributed by atoms with Gasteiger partial charge in [-0.05, 0) is 38.5 Å². The summed E-state index contributed by atoms with van der Waals surface area (Å²) in [7, 11) is 0. The Kier molecular flexibility index (Phi) is 3.94. The number of nitrogens with one attached hydrogen (secondary N) is 1. The first-order chi connectivity index (χ1) is 8.91. The van der Waals surface area contributed by atoms with E-state index in [0.29, 0.717) is 0 Å². The van der Waals surface area contributed by atoms with Crippen molar-refractivity contribution in [2.75, 3.05) is 0 Å². The van der Waals surface area contributed by atoms with Crippen LogP contribution in [0.15, 0.2) is 28.7 Å². The molecule has 1 aliphatic rings. The molecule has 1 aromatic rings. The molecule has 0 aromatic heterocycles. The van der Waals surface area contributed by atoms with E-state index in [-0.39, 0.29) is 17.9 Å². The van der Waals surface area contributed by atoms with Crippen LogP contribution in [0, 0.1) is 0 Å². The van der Waals surface area contributed by atoms with Gasteiger partial charge in [0.05, 0.1) is 6.04 Å². The monoisotopic (exact) mass is 324 g/mol. The van der Waals surface area contributed by atoms with Crippen LogP contribution in [0.25, 0.3) is 0 Å². The number of carbonyl (C=O) groups is 2. The summed E-state index contributed by atoms with van der Waals surface area (Å²) in [5.74, 6) is -0.145. The van der Waals surface area contributed by atoms with Crippen molar-refractivity contribution in [1.29, 1.82) is 0 Å². The van der Waals surface area contributed by atoms with Crippen molar-refractivity contribution in [2.24, 2.45) is 0 Å². The summed E-state index contributed by atoms with van der Waals surface area (Å²) in [6.45, 7) is 5.42. The molecule has 1 aliphatic heterocycles. The highest BCUT2D eigenvalue weighted by Crippen LogP contribution is 2.27. The van der Waals surface area contributed by atoms with Gasteiger partial charge in [0.2, 0.25) is 11.8 Å². The fourth-order valence-corrected chi connectivity index (χ4v) is 2.81. The fourth-order valence-electron chi connectivity index (χ4n) is 2.39. The van der Waals surface area contributed by atoms with Crippen molar-refractivity contribution < 1.29 is 9.59 Å². The van der Waals surface area contributed by atoms with Crippen LogP contribution in [0.5, 0.6) is 0 Å². The molecule has 0 saturated carbocycles. The lowest BCUT2D eigenvalue weighted by Crippen LogP contribution is -2.61. The molecule has 19 heavy (non-hydrogen) atoms. The molecule has 1 N–H and O–H groups in total. The topological polar surface area (TPSA) is 49.4 Å². The number of nitrogens with zero attached hydrogens (tertiary/aromatic N) is 1. The lowest BCUT2D eigenvalue weighted by Gasteiger charge is -2.40. The van der Waals surface area contributed by atoms with E-state index in [0.717, 1.165) is 10.0 Å². The van der Waals surface area contributed by atoms with Crippen molar-refractivity contribution >= 4 is 27.7 Å². The summed E-state index contributed by atoms with van der Waals surface area (Å²) in [4.78, 5) is 25.8. The molecule has 0 aliphatic carbocycles. The summed E-state index contributed by atoms with van der Waals surface area (Å²) in [5, 5.41) is 2.69. The number of hydrogen-bond donors (Lipinski definition) is 1. The van der Waals surface area contributed by atoms with Gasteiger partial charge in [-0.15, -0.1) is 0 Å². The van der Waals surface area contributed by atoms with Gasteiger partial charge in [-0.3, -0.25) is 9.59 Å². The van der Waals surface area contributed by atoms with E-state index in [1.807, 2.05) is 31.2 Å². The van der Waals surface area contributed by atoms with Gasteiger partial charge >= 0.3 is 0 Å². The van der Waals surface area contributed by atoms with Gasteiger partial charge in [-0.1, -0.05) is 28.1 Å². The van der Waals surface area contributed by atoms with E-state index >= 15 is 0 Å². The number of amides is 2. The maximum absolute atomic E-state index is 12.3. The molecule has 0 radical (unpaired) electrons. The second kappa shape index (κ2) is 5.33. The molecule has 3 unspecified atom stereocenters. The lowest BCUT2D eigenvalue weighted by atomic mass is 10.0. The van der Waals surface area contributed by atoms with E-state index in [1.165, 1.54) is 0 Å². The Morgan fingerprint density at radius 1 is 1.32 bits per heavy atom. The van der Waals surface area contributed by atoms with Gasteiger partial charge in [-0.2, -0.15) is 0 Å². The minimum atomic E-state index is -0.460. The van der Waals surface area contributed by atoms with Crippen molar-refractivity contribution in [3.63, 3.8) is 0 Å². The van der Waals surface area contributed by atoms with E-state index in [4.69, 9.17) is 0 Å². The quantitative estimate of drug-likeness (QED) is 0.907. The highest BCUT2D eigenvalue weighted by molar-refractivity contribution is 9.10. The van der Waals surface area contributed by atoms with Crippen molar-refractivity contribution in [3.8, 4) is 0 Å². The molecule has 0 bridgehead atoms. The zero-order valence-electron chi connectivity index (χ0n) is 11.2. The smallest absolute Gasteiger partial charge is 0.246 e. The first-order valence-electron chi connectivity index (χ1n) is 6.30. The standard InChI is InChI=1S/C14H17BrN2O2/c1-8-14(19)17(10(3)13(18)16-8)9(2)11-5-4-6-12(15)7-11/h4-10H,1-3H3,(H,16,18). The highest BCUT2D eigenvalue weighted by Gasteiger charge is 2.38. The Bertz CT molecular complexity index is 518. The Morgan fingerprint density at radius 3 is 2.63 bits per heavy atom. The molecular weight excluding hydrogens is 308 g/mol. The second-order valence-electron chi connectivity index (χ2n) is 4.88. The predicted octanol–water partition coefficient (Wildman–Crippen LogP) is 2.25. The zero-order chi connectivity index (χ0) is 14.2. The van der Waals surface area contributed by atoms with Crippen molar-refractivity contribution in [2.45, 2.75) is 38.9 Å². The summed E-state index contributed by atoms with van der Waals surface area (Å²) < 4.78 is 0.964. The summed E-state index contributed by atoms with van der Waals surface area (Å²) in [6, 6.07) is 6.77. The molecule has 3 atom stereocenters. The van der Waals surface area contributed by atoms with Crippen LogP contribution in [-0.4, -0.2) is 28.8 Å². The van der Waals surface area contributed by atoms with Crippen LogP contribution in [0.4, 0.5) is 0 Å². The number of piperazine rings is 1. The third-order valence-electron chi connectivity index (χ3n) is 3.53. The third kappa shape index (κ3) is 2.66. The molecule has 1 saturated heterocycles. The average Bonchev–Trinajstić information content (AvgIpc) is 2.36. The maximum Gasteiger partial charge on any atom is 0.246 e. The SMILES string of the molecule is CC1NC(=O)C(C)N(C(C)c2cccc(Br)c2)C1=O. The second-order valence-corrected chi connectivity index (χ2v) is 5.80. The van der Waals surface area contributed by atoms with Gasteiger partial charge in [-0.25, -0.2) is 0 Å². The van der Waals surface area contributed by atoms with Gasteiger partial charge in [0.25, 0.3) is 0 Å². The van der Waals surface area contributed by atoms with Gasteiger partial charge in [0, 0.05) is 4.47 Å². The maximum atomic E-state index is 12.3. The first-order valence-corrected chi connectivity index (χ1v) is 7.09. The highest BCUT2D eigenvalue weighted by atomic mass is 79.9. The molecule has 102 valence electrons. The molecule has 2 rings (SSSR count). The van der Waals surface area contributed by atoms with E-state index in [1.54, 1.807) is 18.7 Å². The van der Waals surface area contributed by atoms with Crippen molar-refractivity contribution in [1.82, 2.24) is 10.2 Å². The molecule has 1 heterocycles. The normalized spacial score (nSPS) is 25.2. The van der Waals surface area contributed by atoms with Crippen LogP contribution in [-0.2, 0) is 9.59 Å². The number of carbonyl (C=O) groups excluding carboxylic acids is 2. The molecule has 5 heteroatoms. The third-order valence-corrected chi connectivity index (χ3v) is 4.02. The minimum Gasteiger partial charge on any atom is -0.343 e. The summed E-state index contributed by atoms with van der Waals surface area (Å²) in [6.07, 6.45) is 0. The van der Waals surface area contributed by atoms with E-state index in [2.05, 4.69) is 21.2 Å². The van der Waals surface area contributed by atoms with Gasteiger partial charge in [0.15, 0.2) is 0 Å². The predicted molar refractivity (Wildman–Crippen MR) is 76.5 cm³/mol. The summed E-state index contributed by atoms with van der Waals surface area (Å²) >= 11 is 3.43. The Labute approximate surface area is 121 Å². The van der Waals surface area contributed by atoms with Crippen LogP contribution < -0.4 is 5.32 Å². The largest absolute Gasteiger partial charge is 0.343 e. The van der Waals surface area contributed by atoms with Crippen LogP contribution >= 0.6 is 15.9 Å². The number of benzene rings is 1. The van der Waals surface area contributed by atoms with Gasteiger partial charge in [0.1, 0.15) is 12.1 Å². The Morgan fingerprint density at radius 2 is 2.00 bits per heavy atom. The number of hydrogen-bond acceptors (Lipinski definition) is 2. The van der Waals surface area contributed by atoms with E-state index in [9.17, 15) is 9.59 Å². The van der Waals surface area contributed by atoms with Gasteiger partial charge < -0.3 is 10.2 Å². The first kappa shape index (κ1) is 14.1. The van der Waals surface area contributed by atoms with Crippen LogP contribution in [0.1, 0.15) is 32.4 Å².